The molecular formula is C43H48N4O4. The van der Waals surface area contributed by atoms with E-state index in [4.69, 9.17) is 9.73 Å². The van der Waals surface area contributed by atoms with E-state index in [9.17, 15) is 15.0 Å². The fourth-order valence-corrected chi connectivity index (χ4v) is 9.68. The molecule has 0 unspecified atom stereocenters. The van der Waals surface area contributed by atoms with Gasteiger partial charge in [-0.15, -0.1) is 0 Å². The SMILES string of the molecule is CCc1c(CC)c2n3c1C=c1[nH]c(c(CCO)c1C)=Cc1c(CCO)c(C)c(n1C3)C=C1N=c3c(cc4c(c3-2)C(OC)=CC(=O)C=4)C1(CC)CC. The Kier molecular flexibility index (Phi) is 8.04. The van der Waals surface area contributed by atoms with Gasteiger partial charge in [0.05, 0.1) is 23.9 Å². The summed E-state index contributed by atoms with van der Waals surface area (Å²) >= 11 is 0. The quantitative estimate of drug-likeness (QED) is 0.219. The molecule has 0 amide bonds. The minimum atomic E-state index is -0.364. The summed E-state index contributed by atoms with van der Waals surface area (Å²) in [4.78, 5) is 22.6. The summed E-state index contributed by atoms with van der Waals surface area (Å²) in [5.41, 5.74) is 15.2. The number of aromatic amines is 1. The number of aliphatic hydroxyl groups is 2. The lowest BCUT2D eigenvalue weighted by atomic mass is 9.73. The van der Waals surface area contributed by atoms with Crippen LogP contribution < -0.4 is 21.3 Å². The number of hydrogen-bond acceptors (Lipinski definition) is 5. The van der Waals surface area contributed by atoms with Gasteiger partial charge in [-0.2, -0.15) is 0 Å². The molecule has 264 valence electrons. The van der Waals surface area contributed by atoms with E-state index >= 15 is 0 Å². The number of carbonyl (C=O) groups excluding carboxylic acids is 1. The number of aromatic nitrogens is 3. The number of ketones is 1. The predicted octanol–water partition coefficient (Wildman–Crippen LogP) is 3.97. The molecule has 0 fully saturated rings. The topological polar surface area (TPSA) is 105 Å². The zero-order valence-electron chi connectivity index (χ0n) is 30.9. The molecule has 0 saturated heterocycles. The van der Waals surface area contributed by atoms with E-state index in [1.807, 2.05) is 0 Å². The van der Waals surface area contributed by atoms with Gasteiger partial charge in [0.15, 0.2) is 5.78 Å². The first kappa shape index (κ1) is 33.5. The number of allylic oxidation sites excluding steroid dienone is 2. The van der Waals surface area contributed by atoms with Crippen LogP contribution in [0.3, 0.4) is 0 Å². The molecule has 8 heteroatoms. The van der Waals surface area contributed by atoms with Crippen molar-refractivity contribution in [3.8, 4) is 11.3 Å². The van der Waals surface area contributed by atoms with E-state index in [0.29, 0.717) is 25.3 Å². The third-order valence-corrected chi connectivity index (χ3v) is 12.3. The van der Waals surface area contributed by atoms with Crippen molar-refractivity contribution in [2.24, 2.45) is 4.99 Å². The molecule has 4 aromatic rings. The van der Waals surface area contributed by atoms with E-state index < -0.39 is 0 Å². The summed E-state index contributed by atoms with van der Waals surface area (Å²) in [6.45, 7) is 13.9. The van der Waals surface area contributed by atoms with Crippen molar-refractivity contribution >= 4 is 35.8 Å². The number of hydrogen-bond donors (Lipinski definition) is 3. The summed E-state index contributed by atoms with van der Waals surface area (Å²) < 4.78 is 10.9. The van der Waals surface area contributed by atoms with Crippen LogP contribution in [0.1, 0.15) is 102 Å². The maximum Gasteiger partial charge on any atom is 0.182 e. The predicted molar refractivity (Wildman–Crippen MR) is 202 cm³/mol. The Labute approximate surface area is 298 Å². The summed E-state index contributed by atoms with van der Waals surface area (Å²) in [7, 11) is 1.65. The molecule has 1 aliphatic carbocycles. The number of ether oxygens (including phenoxy) is 1. The molecule has 6 bridgehead atoms. The second kappa shape index (κ2) is 12.2. The zero-order valence-corrected chi connectivity index (χ0v) is 30.9. The minimum Gasteiger partial charge on any atom is -0.496 e. The molecule has 8 rings (SSSR count). The molecule has 0 saturated carbocycles. The maximum atomic E-state index is 13.2. The number of fused-ring (bicyclic) bond motifs is 6. The third kappa shape index (κ3) is 4.52. The van der Waals surface area contributed by atoms with Crippen LogP contribution in [0.25, 0.3) is 41.3 Å². The van der Waals surface area contributed by atoms with Crippen LogP contribution in [-0.4, -0.2) is 50.4 Å². The molecule has 0 radical (unpaired) electrons. The summed E-state index contributed by atoms with van der Waals surface area (Å²) in [6, 6.07) is 2.21. The number of nitrogens with one attached hydrogen (secondary N) is 1. The lowest BCUT2D eigenvalue weighted by molar-refractivity contribution is -0.109. The van der Waals surface area contributed by atoms with E-state index in [0.717, 1.165) is 114 Å². The normalized spacial score (nSPS) is 16.0. The van der Waals surface area contributed by atoms with Crippen molar-refractivity contribution in [2.45, 2.75) is 92.2 Å². The van der Waals surface area contributed by atoms with Gasteiger partial charge in [-0.25, -0.2) is 0 Å². The molecule has 51 heavy (non-hydrogen) atoms. The summed E-state index contributed by atoms with van der Waals surface area (Å²) in [5.74, 6) is 0.489. The van der Waals surface area contributed by atoms with Gasteiger partial charge in [-0.05, 0) is 127 Å². The van der Waals surface area contributed by atoms with E-state index in [2.05, 4.69) is 80.0 Å². The van der Waals surface area contributed by atoms with Crippen LogP contribution >= 0.6 is 0 Å². The first-order valence-electron chi connectivity index (χ1n) is 18.6. The molecule has 0 atom stereocenters. The van der Waals surface area contributed by atoms with E-state index in [1.165, 1.54) is 11.1 Å². The fraction of sp³-hybridized carbons (Fsp3) is 0.395. The monoisotopic (exact) mass is 684 g/mol. The number of aliphatic hydroxyl groups excluding tert-OH is 2. The Morgan fingerprint density at radius 2 is 1.49 bits per heavy atom. The van der Waals surface area contributed by atoms with Gasteiger partial charge < -0.3 is 29.1 Å². The van der Waals surface area contributed by atoms with Gasteiger partial charge >= 0.3 is 0 Å². The zero-order chi connectivity index (χ0) is 35.9. The molecule has 8 nitrogen and oxygen atoms in total. The van der Waals surface area contributed by atoms with Crippen molar-refractivity contribution in [3.05, 3.63) is 101 Å². The molecule has 4 aliphatic rings. The summed E-state index contributed by atoms with van der Waals surface area (Å²) in [6.07, 6.45) is 14.6. The van der Waals surface area contributed by atoms with Crippen molar-refractivity contribution in [1.29, 1.82) is 0 Å². The van der Waals surface area contributed by atoms with Crippen molar-refractivity contribution in [3.63, 3.8) is 0 Å². The average Bonchev–Trinajstić information content (AvgIpc) is 3.77. The van der Waals surface area contributed by atoms with Crippen LogP contribution in [0, 0.1) is 13.8 Å². The van der Waals surface area contributed by atoms with Crippen LogP contribution in [0.15, 0.2) is 22.8 Å². The average molecular weight is 685 g/mol. The number of H-pyrrole nitrogens is 1. The Morgan fingerprint density at radius 3 is 2.16 bits per heavy atom. The summed E-state index contributed by atoms with van der Waals surface area (Å²) in [5, 5.41) is 24.5. The number of benzene rings is 1. The Bertz CT molecular complexity index is 2490. The molecule has 6 heterocycles. The van der Waals surface area contributed by atoms with Crippen LogP contribution in [-0.2, 0) is 47.3 Å². The Balaban J connectivity index is 1.69. The highest BCUT2D eigenvalue weighted by Gasteiger charge is 2.42. The van der Waals surface area contributed by atoms with Crippen molar-refractivity contribution in [2.75, 3.05) is 20.3 Å². The standard InChI is InChI=1S/C43H48N4O4/c1-8-27-28(9-2)42-40-39-25(16-26(50)18-37(39)51-7)17-31-41(40)45-38(43(31,10-3)11-4)21-34-24(6)30(13-15-49)36-20-33-29(12-14-48)23(5)32(44-33)19-35(27)47(42)22-46(34)36/h16-21,44,48-49H,8-15,22H2,1-7H3. The Hall–Kier alpha value is -4.66. The number of nitrogens with zero attached hydrogens (tertiary/aromatic N) is 3. The molecule has 3 aromatic heterocycles. The molecule has 3 N–H and O–H groups in total. The molecule has 3 aliphatic heterocycles. The maximum absolute atomic E-state index is 13.2. The van der Waals surface area contributed by atoms with Crippen LogP contribution in [0.2, 0.25) is 0 Å². The fourth-order valence-electron chi connectivity index (χ4n) is 9.68. The smallest absolute Gasteiger partial charge is 0.182 e. The second-order valence-corrected chi connectivity index (χ2v) is 14.4. The minimum absolute atomic E-state index is 0.0349. The highest BCUT2D eigenvalue weighted by Crippen LogP contribution is 2.46. The Morgan fingerprint density at radius 1 is 0.804 bits per heavy atom. The van der Waals surface area contributed by atoms with Crippen LogP contribution in [0.4, 0.5) is 0 Å². The highest BCUT2D eigenvalue weighted by molar-refractivity contribution is 6.18. The molecule has 1 aromatic carbocycles. The molecular weight excluding hydrogens is 636 g/mol. The number of methoxy groups -OCH3 is 1. The second-order valence-electron chi connectivity index (χ2n) is 14.4. The molecule has 0 spiro atoms. The van der Waals surface area contributed by atoms with E-state index in [-0.39, 0.29) is 24.4 Å². The number of carbonyl (C=O) groups is 1. The first-order valence-corrected chi connectivity index (χ1v) is 18.6. The van der Waals surface area contributed by atoms with Crippen molar-refractivity contribution in [1.82, 2.24) is 14.1 Å². The van der Waals surface area contributed by atoms with Gasteiger partial charge in [0.2, 0.25) is 0 Å². The lowest BCUT2D eigenvalue weighted by Crippen LogP contribution is -2.32. The van der Waals surface area contributed by atoms with Gasteiger partial charge in [-0.1, -0.05) is 27.7 Å². The van der Waals surface area contributed by atoms with Gasteiger partial charge in [0.1, 0.15) is 12.4 Å². The lowest BCUT2D eigenvalue weighted by Gasteiger charge is -2.29. The van der Waals surface area contributed by atoms with Gasteiger partial charge in [0.25, 0.3) is 0 Å². The first-order chi connectivity index (χ1) is 24.7. The number of rotatable bonds is 9. The largest absolute Gasteiger partial charge is 0.496 e. The highest BCUT2D eigenvalue weighted by atomic mass is 16.5. The van der Waals surface area contributed by atoms with E-state index in [1.54, 1.807) is 19.3 Å². The van der Waals surface area contributed by atoms with Gasteiger partial charge in [-0.3, -0.25) is 9.79 Å². The van der Waals surface area contributed by atoms with Crippen LogP contribution in [0.5, 0.6) is 0 Å². The van der Waals surface area contributed by atoms with Gasteiger partial charge in [0, 0.05) is 63.6 Å². The van der Waals surface area contributed by atoms with Crippen molar-refractivity contribution < 1.29 is 19.7 Å². The third-order valence-electron chi connectivity index (χ3n) is 12.3.